The molecule has 1 aromatic heterocycles. The lowest BCUT2D eigenvalue weighted by Gasteiger charge is -2.07. The molecule has 4 rings (SSSR count). The molecule has 0 bridgehead atoms. The molecule has 3 aromatic carbocycles. The van der Waals surface area contributed by atoms with E-state index in [-0.39, 0.29) is 5.56 Å². The number of pyridine rings is 1. The summed E-state index contributed by atoms with van der Waals surface area (Å²) in [5, 5.41) is 10.0. The smallest absolute Gasteiger partial charge is 0.336 e. The predicted octanol–water partition coefficient (Wildman–Crippen LogP) is 5.06. The molecule has 0 saturated heterocycles. The predicted molar refractivity (Wildman–Crippen MR) is 120 cm³/mol. The van der Waals surface area contributed by atoms with E-state index in [0.717, 1.165) is 11.3 Å². The van der Waals surface area contributed by atoms with Crippen molar-refractivity contribution < 1.29 is 14.6 Å². The van der Waals surface area contributed by atoms with Crippen molar-refractivity contribution in [3.05, 3.63) is 95.6 Å². The van der Waals surface area contributed by atoms with Gasteiger partial charge in [0.15, 0.2) is 0 Å². The Balaban J connectivity index is 0.000000239. The second-order valence-corrected chi connectivity index (χ2v) is 6.80. The Bertz CT molecular complexity index is 1140. The lowest BCUT2D eigenvalue weighted by atomic mass is 10.0. The summed E-state index contributed by atoms with van der Waals surface area (Å²) < 4.78 is 5.12. The summed E-state index contributed by atoms with van der Waals surface area (Å²) >= 11 is 0. The van der Waals surface area contributed by atoms with Crippen LogP contribution in [0.1, 0.15) is 21.5 Å². The number of carboxylic acid groups (broad SMARTS) is 1. The van der Waals surface area contributed by atoms with Gasteiger partial charge < -0.3 is 15.6 Å². The molecule has 0 unspecified atom stereocenters. The molecule has 0 aliphatic heterocycles. The molecule has 0 amide bonds. The lowest BCUT2D eigenvalue weighted by molar-refractivity contribution is 0.0699. The Morgan fingerprint density at radius 1 is 1.00 bits per heavy atom. The van der Waals surface area contributed by atoms with E-state index in [1.165, 1.54) is 11.1 Å². The fourth-order valence-corrected chi connectivity index (χ4v) is 2.99. The summed E-state index contributed by atoms with van der Waals surface area (Å²) in [5.74, 6) is -0.207. The molecule has 152 valence electrons. The SMILES string of the molecule is COc1ccc(-c2cc(C(=O)O)c3ccccc3n2)cc1.Cc1ccc(CN)cc1. The van der Waals surface area contributed by atoms with Crippen LogP contribution < -0.4 is 10.5 Å². The molecular weight excluding hydrogens is 376 g/mol. The van der Waals surface area contributed by atoms with Gasteiger partial charge in [0.25, 0.3) is 0 Å². The number of fused-ring (bicyclic) bond motifs is 1. The Labute approximate surface area is 175 Å². The first-order valence-corrected chi connectivity index (χ1v) is 9.55. The minimum atomic E-state index is -0.955. The number of aryl methyl sites for hydroxylation is 1. The number of methoxy groups -OCH3 is 1. The van der Waals surface area contributed by atoms with E-state index >= 15 is 0 Å². The van der Waals surface area contributed by atoms with Crippen LogP contribution in [-0.2, 0) is 6.54 Å². The van der Waals surface area contributed by atoms with E-state index in [2.05, 4.69) is 36.2 Å². The largest absolute Gasteiger partial charge is 0.497 e. The van der Waals surface area contributed by atoms with Gasteiger partial charge in [0.2, 0.25) is 0 Å². The third-order valence-electron chi connectivity index (χ3n) is 4.69. The van der Waals surface area contributed by atoms with Crippen LogP contribution in [0.3, 0.4) is 0 Å². The Kier molecular flexibility index (Phi) is 6.78. The van der Waals surface area contributed by atoms with E-state index in [9.17, 15) is 9.90 Å². The highest BCUT2D eigenvalue weighted by Crippen LogP contribution is 2.26. The van der Waals surface area contributed by atoms with Gasteiger partial charge in [-0.15, -0.1) is 0 Å². The molecule has 5 heteroatoms. The van der Waals surface area contributed by atoms with Crippen molar-refractivity contribution >= 4 is 16.9 Å². The zero-order chi connectivity index (χ0) is 21.5. The minimum absolute atomic E-state index is 0.256. The normalized spacial score (nSPS) is 10.2. The molecule has 0 aliphatic carbocycles. The van der Waals surface area contributed by atoms with Gasteiger partial charge in [0.05, 0.1) is 23.9 Å². The first-order chi connectivity index (χ1) is 14.5. The topological polar surface area (TPSA) is 85.4 Å². The summed E-state index contributed by atoms with van der Waals surface area (Å²) in [5.41, 5.74) is 10.3. The molecule has 30 heavy (non-hydrogen) atoms. The van der Waals surface area contributed by atoms with E-state index < -0.39 is 5.97 Å². The second-order valence-electron chi connectivity index (χ2n) is 6.80. The number of nitrogens with zero attached hydrogens (tertiary/aromatic N) is 1. The highest BCUT2D eigenvalue weighted by Gasteiger charge is 2.12. The highest BCUT2D eigenvalue weighted by atomic mass is 16.5. The Morgan fingerprint density at radius 2 is 1.67 bits per heavy atom. The monoisotopic (exact) mass is 400 g/mol. The van der Waals surface area contributed by atoms with Crippen LogP contribution in [0.25, 0.3) is 22.2 Å². The molecule has 3 N–H and O–H groups in total. The molecule has 0 aliphatic rings. The van der Waals surface area contributed by atoms with Gasteiger partial charge in [0, 0.05) is 17.5 Å². The van der Waals surface area contributed by atoms with E-state index in [0.29, 0.717) is 23.1 Å². The third kappa shape index (κ3) is 5.01. The zero-order valence-corrected chi connectivity index (χ0v) is 17.0. The number of rotatable bonds is 4. The zero-order valence-electron chi connectivity index (χ0n) is 17.0. The Morgan fingerprint density at radius 3 is 2.27 bits per heavy atom. The van der Waals surface area contributed by atoms with Gasteiger partial charge in [-0.25, -0.2) is 9.78 Å². The average molecular weight is 400 g/mol. The van der Waals surface area contributed by atoms with Crippen LogP contribution >= 0.6 is 0 Å². The number of hydrogen-bond acceptors (Lipinski definition) is 4. The first-order valence-electron chi connectivity index (χ1n) is 9.55. The number of aromatic carboxylic acids is 1. The molecular formula is C25H24N2O3. The van der Waals surface area contributed by atoms with E-state index in [4.69, 9.17) is 10.5 Å². The van der Waals surface area contributed by atoms with Crippen molar-refractivity contribution in [3.8, 4) is 17.0 Å². The van der Waals surface area contributed by atoms with Crippen LogP contribution in [-0.4, -0.2) is 23.2 Å². The summed E-state index contributed by atoms with van der Waals surface area (Å²) in [4.78, 5) is 16.0. The molecule has 5 nitrogen and oxygen atoms in total. The molecule has 4 aromatic rings. The van der Waals surface area contributed by atoms with Crippen LogP contribution in [0.15, 0.2) is 78.9 Å². The van der Waals surface area contributed by atoms with E-state index in [1.807, 2.05) is 42.5 Å². The molecule has 1 heterocycles. The van der Waals surface area contributed by atoms with Crippen molar-refractivity contribution in [2.45, 2.75) is 13.5 Å². The average Bonchev–Trinajstić information content (AvgIpc) is 2.79. The van der Waals surface area contributed by atoms with Crippen molar-refractivity contribution in [3.63, 3.8) is 0 Å². The lowest BCUT2D eigenvalue weighted by Crippen LogP contribution is -2.00. The van der Waals surface area contributed by atoms with Crippen molar-refractivity contribution in [1.29, 1.82) is 0 Å². The number of nitrogens with two attached hydrogens (primary N) is 1. The number of carboxylic acids is 1. The van der Waals surface area contributed by atoms with Crippen LogP contribution in [0, 0.1) is 6.92 Å². The molecule has 0 radical (unpaired) electrons. The van der Waals surface area contributed by atoms with Crippen molar-refractivity contribution in [2.75, 3.05) is 7.11 Å². The minimum Gasteiger partial charge on any atom is -0.497 e. The van der Waals surface area contributed by atoms with Gasteiger partial charge in [0.1, 0.15) is 5.75 Å². The van der Waals surface area contributed by atoms with E-state index in [1.54, 1.807) is 19.2 Å². The standard InChI is InChI=1S/C17H13NO3.C8H11N/c1-21-12-8-6-11(7-9-12)16-10-14(17(19)20)13-4-2-3-5-15(13)18-16;1-7-2-4-8(6-9)5-3-7/h2-10H,1H3,(H,19,20);2-5H,6,9H2,1H3. The fraction of sp³-hybridized carbons (Fsp3) is 0.120. The number of benzene rings is 3. The number of aromatic nitrogens is 1. The number of ether oxygens (including phenoxy) is 1. The maximum absolute atomic E-state index is 11.5. The number of carbonyl (C=O) groups is 1. The van der Waals surface area contributed by atoms with Crippen molar-refractivity contribution in [2.24, 2.45) is 5.73 Å². The third-order valence-corrected chi connectivity index (χ3v) is 4.69. The van der Waals surface area contributed by atoms with Crippen LogP contribution in [0.2, 0.25) is 0 Å². The number of para-hydroxylation sites is 1. The van der Waals surface area contributed by atoms with Crippen molar-refractivity contribution in [1.82, 2.24) is 4.98 Å². The van der Waals surface area contributed by atoms with Gasteiger partial charge in [-0.1, -0.05) is 48.0 Å². The van der Waals surface area contributed by atoms with Gasteiger partial charge >= 0.3 is 5.97 Å². The summed E-state index contributed by atoms with van der Waals surface area (Å²) in [7, 11) is 1.60. The second kappa shape index (κ2) is 9.67. The number of hydrogen-bond donors (Lipinski definition) is 2. The van der Waals surface area contributed by atoms with Gasteiger partial charge in [-0.05, 0) is 48.9 Å². The molecule has 0 fully saturated rings. The first kappa shape index (κ1) is 21.0. The Hall–Kier alpha value is -3.70. The summed E-state index contributed by atoms with van der Waals surface area (Å²) in [6.45, 7) is 2.71. The summed E-state index contributed by atoms with van der Waals surface area (Å²) in [6, 6.07) is 24.5. The molecule has 0 spiro atoms. The van der Waals surface area contributed by atoms with Crippen LogP contribution in [0.4, 0.5) is 0 Å². The van der Waals surface area contributed by atoms with Gasteiger partial charge in [-0.3, -0.25) is 0 Å². The molecule has 0 saturated carbocycles. The van der Waals surface area contributed by atoms with Gasteiger partial charge in [-0.2, -0.15) is 0 Å². The molecule has 0 atom stereocenters. The van der Waals surface area contributed by atoms with Crippen LogP contribution in [0.5, 0.6) is 5.75 Å². The quantitative estimate of drug-likeness (QED) is 0.500. The fourth-order valence-electron chi connectivity index (χ4n) is 2.99. The maximum atomic E-state index is 11.5. The highest BCUT2D eigenvalue weighted by molar-refractivity contribution is 6.03. The maximum Gasteiger partial charge on any atom is 0.336 e. The summed E-state index contributed by atoms with van der Waals surface area (Å²) in [6.07, 6.45) is 0.